The SMILES string of the molecule is c1ccc(OC(Cn2cncn2)c2ccc(-c3ccccc3)cc2)cc1. The summed E-state index contributed by atoms with van der Waals surface area (Å²) in [5, 5.41) is 4.21. The molecule has 3 aromatic carbocycles. The smallest absolute Gasteiger partial charge is 0.143 e. The molecule has 0 N–H and O–H groups in total. The maximum Gasteiger partial charge on any atom is 0.143 e. The molecule has 4 rings (SSSR count). The Morgan fingerprint density at radius 2 is 1.42 bits per heavy atom. The summed E-state index contributed by atoms with van der Waals surface area (Å²) in [5.41, 5.74) is 3.49. The highest BCUT2D eigenvalue weighted by molar-refractivity contribution is 5.63. The molecule has 4 nitrogen and oxygen atoms in total. The van der Waals surface area contributed by atoms with Gasteiger partial charge in [-0.3, -0.25) is 0 Å². The first-order valence-electron chi connectivity index (χ1n) is 8.58. The third kappa shape index (κ3) is 3.81. The topological polar surface area (TPSA) is 39.9 Å². The highest BCUT2D eigenvalue weighted by atomic mass is 16.5. The van der Waals surface area contributed by atoms with Gasteiger partial charge in [-0.1, -0.05) is 72.8 Å². The van der Waals surface area contributed by atoms with Crippen molar-refractivity contribution in [1.82, 2.24) is 14.8 Å². The average Bonchev–Trinajstić information content (AvgIpc) is 3.22. The molecular formula is C22H19N3O. The number of hydrogen-bond acceptors (Lipinski definition) is 3. The highest BCUT2D eigenvalue weighted by Crippen LogP contribution is 2.26. The minimum Gasteiger partial charge on any atom is -0.484 e. The van der Waals surface area contributed by atoms with Gasteiger partial charge in [-0.05, 0) is 28.8 Å². The fourth-order valence-corrected chi connectivity index (χ4v) is 2.89. The molecule has 0 saturated carbocycles. The summed E-state index contributed by atoms with van der Waals surface area (Å²) >= 11 is 0. The molecule has 26 heavy (non-hydrogen) atoms. The third-order valence-electron chi connectivity index (χ3n) is 4.23. The van der Waals surface area contributed by atoms with Gasteiger partial charge >= 0.3 is 0 Å². The summed E-state index contributed by atoms with van der Waals surface area (Å²) < 4.78 is 8.02. The van der Waals surface area contributed by atoms with Gasteiger partial charge in [0.25, 0.3) is 0 Å². The van der Waals surface area contributed by atoms with Gasteiger partial charge in [-0.2, -0.15) is 5.10 Å². The molecule has 0 amide bonds. The Balaban J connectivity index is 1.60. The summed E-state index contributed by atoms with van der Waals surface area (Å²) in [6.07, 6.45) is 3.10. The first kappa shape index (κ1) is 16.1. The highest BCUT2D eigenvalue weighted by Gasteiger charge is 2.15. The molecular weight excluding hydrogens is 322 g/mol. The fourth-order valence-electron chi connectivity index (χ4n) is 2.89. The van der Waals surface area contributed by atoms with Gasteiger partial charge in [0.2, 0.25) is 0 Å². The lowest BCUT2D eigenvalue weighted by atomic mass is 10.0. The lowest BCUT2D eigenvalue weighted by Crippen LogP contribution is -2.15. The van der Waals surface area contributed by atoms with E-state index in [0.29, 0.717) is 6.54 Å². The minimum atomic E-state index is -0.149. The normalized spacial score (nSPS) is 11.8. The maximum atomic E-state index is 6.23. The number of para-hydroxylation sites is 1. The van der Waals surface area contributed by atoms with Crippen LogP contribution in [0, 0.1) is 0 Å². The van der Waals surface area contributed by atoms with Gasteiger partial charge in [0.05, 0.1) is 6.54 Å². The van der Waals surface area contributed by atoms with Crippen LogP contribution in [0.25, 0.3) is 11.1 Å². The first-order valence-corrected chi connectivity index (χ1v) is 8.58. The van der Waals surface area contributed by atoms with Crippen LogP contribution in [0.15, 0.2) is 97.6 Å². The van der Waals surface area contributed by atoms with Crippen LogP contribution >= 0.6 is 0 Å². The van der Waals surface area contributed by atoms with Crippen molar-refractivity contribution in [2.45, 2.75) is 12.6 Å². The van der Waals surface area contributed by atoms with Gasteiger partial charge in [0, 0.05) is 0 Å². The van der Waals surface area contributed by atoms with Gasteiger partial charge < -0.3 is 4.74 Å². The molecule has 1 heterocycles. The quantitative estimate of drug-likeness (QED) is 0.507. The Hall–Kier alpha value is -3.40. The molecule has 0 bridgehead atoms. The van der Waals surface area contributed by atoms with Crippen molar-refractivity contribution in [2.24, 2.45) is 0 Å². The summed E-state index contributed by atoms with van der Waals surface area (Å²) in [4.78, 5) is 4.03. The standard InChI is InChI=1S/C22H19N3O/c1-3-7-18(8-4-1)19-11-13-20(14-12-19)22(15-25-17-23-16-24-25)26-21-9-5-2-6-10-21/h1-14,16-17,22H,15H2. The summed E-state index contributed by atoms with van der Waals surface area (Å²) in [6.45, 7) is 0.597. The van der Waals surface area contributed by atoms with E-state index in [9.17, 15) is 0 Å². The van der Waals surface area contributed by atoms with Crippen molar-refractivity contribution in [3.8, 4) is 16.9 Å². The number of rotatable bonds is 6. The maximum absolute atomic E-state index is 6.23. The Bertz CT molecular complexity index is 920. The van der Waals surface area contributed by atoms with Crippen LogP contribution in [0.5, 0.6) is 5.75 Å². The van der Waals surface area contributed by atoms with Crippen molar-refractivity contribution in [3.63, 3.8) is 0 Å². The van der Waals surface area contributed by atoms with Crippen LogP contribution in [0.3, 0.4) is 0 Å². The number of nitrogens with zero attached hydrogens (tertiary/aromatic N) is 3. The van der Waals surface area contributed by atoms with Crippen molar-refractivity contribution in [2.75, 3.05) is 0 Å². The van der Waals surface area contributed by atoms with E-state index >= 15 is 0 Å². The van der Waals surface area contributed by atoms with E-state index in [4.69, 9.17) is 4.74 Å². The zero-order valence-electron chi connectivity index (χ0n) is 14.3. The van der Waals surface area contributed by atoms with Crippen LogP contribution < -0.4 is 4.74 Å². The van der Waals surface area contributed by atoms with E-state index in [1.165, 1.54) is 17.5 Å². The van der Waals surface area contributed by atoms with Crippen LogP contribution in [-0.2, 0) is 6.54 Å². The zero-order chi connectivity index (χ0) is 17.6. The van der Waals surface area contributed by atoms with E-state index in [2.05, 4.69) is 58.6 Å². The van der Waals surface area contributed by atoms with E-state index in [-0.39, 0.29) is 6.10 Å². The van der Waals surface area contributed by atoms with Crippen LogP contribution in [0.4, 0.5) is 0 Å². The van der Waals surface area contributed by atoms with Gasteiger partial charge in [0.1, 0.15) is 24.5 Å². The molecule has 0 spiro atoms. The molecule has 4 heteroatoms. The van der Waals surface area contributed by atoms with E-state index in [0.717, 1.165) is 11.3 Å². The molecule has 1 aromatic heterocycles. The van der Waals surface area contributed by atoms with Gasteiger partial charge in [-0.25, -0.2) is 9.67 Å². The lowest BCUT2D eigenvalue weighted by Gasteiger charge is -2.20. The molecule has 1 atom stereocenters. The van der Waals surface area contributed by atoms with Crippen molar-refractivity contribution < 1.29 is 4.74 Å². The molecule has 0 aliphatic heterocycles. The van der Waals surface area contributed by atoms with Crippen LogP contribution in [0.1, 0.15) is 11.7 Å². The largest absolute Gasteiger partial charge is 0.484 e. The third-order valence-corrected chi connectivity index (χ3v) is 4.23. The second kappa shape index (κ2) is 7.66. The Morgan fingerprint density at radius 3 is 2.08 bits per heavy atom. The number of hydrogen-bond donors (Lipinski definition) is 0. The average molecular weight is 341 g/mol. The molecule has 0 radical (unpaired) electrons. The van der Waals surface area contributed by atoms with Gasteiger partial charge in [0.15, 0.2) is 0 Å². The zero-order valence-corrected chi connectivity index (χ0v) is 14.3. The molecule has 0 aliphatic carbocycles. The monoisotopic (exact) mass is 341 g/mol. The van der Waals surface area contributed by atoms with E-state index in [1.807, 2.05) is 36.4 Å². The fraction of sp³-hybridized carbons (Fsp3) is 0.0909. The Labute approximate surface area is 152 Å². The second-order valence-electron chi connectivity index (χ2n) is 6.03. The molecule has 4 aromatic rings. The van der Waals surface area contributed by atoms with E-state index < -0.39 is 0 Å². The second-order valence-corrected chi connectivity index (χ2v) is 6.03. The number of aromatic nitrogens is 3. The van der Waals surface area contributed by atoms with Crippen molar-refractivity contribution >= 4 is 0 Å². The molecule has 0 aliphatic rings. The summed E-state index contributed by atoms with van der Waals surface area (Å²) in [6, 6.07) is 28.7. The summed E-state index contributed by atoms with van der Waals surface area (Å²) in [7, 11) is 0. The number of ether oxygens (including phenoxy) is 1. The van der Waals surface area contributed by atoms with Gasteiger partial charge in [-0.15, -0.1) is 0 Å². The molecule has 0 fully saturated rings. The van der Waals surface area contributed by atoms with Crippen molar-refractivity contribution in [1.29, 1.82) is 0 Å². The predicted molar refractivity (Wildman–Crippen MR) is 102 cm³/mol. The predicted octanol–water partition coefficient (Wildman–Crippen LogP) is 4.77. The summed E-state index contributed by atoms with van der Waals surface area (Å²) in [5.74, 6) is 0.838. The van der Waals surface area contributed by atoms with Crippen LogP contribution in [0.2, 0.25) is 0 Å². The lowest BCUT2D eigenvalue weighted by molar-refractivity contribution is 0.178. The molecule has 0 saturated heterocycles. The van der Waals surface area contributed by atoms with Crippen LogP contribution in [-0.4, -0.2) is 14.8 Å². The Kier molecular flexibility index (Phi) is 4.74. The molecule has 1 unspecified atom stereocenters. The molecule has 128 valence electrons. The minimum absolute atomic E-state index is 0.149. The first-order chi connectivity index (χ1) is 12.9. The Morgan fingerprint density at radius 1 is 0.769 bits per heavy atom. The number of benzene rings is 3. The van der Waals surface area contributed by atoms with E-state index in [1.54, 1.807) is 11.0 Å². The van der Waals surface area contributed by atoms with Crippen molar-refractivity contribution in [3.05, 3.63) is 103 Å².